The van der Waals surface area contributed by atoms with E-state index in [0.717, 1.165) is 28.3 Å². The molecule has 4 nitrogen and oxygen atoms in total. The van der Waals surface area contributed by atoms with Crippen LogP contribution in [0.2, 0.25) is 0 Å². The minimum atomic E-state index is -0.165. The van der Waals surface area contributed by atoms with Crippen LogP contribution in [0.25, 0.3) is 0 Å². The zero-order valence-corrected chi connectivity index (χ0v) is 14.4. The molecule has 2 aromatic carbocycles. The Kier molecular flexibility index (Phi) is 5.27. The molecule has 0 saturated heterocycles. The molecule has 0 atom stereocenters. The zero-order chi connectivity index (χ0) is 17.0. The first-order valence-corrected chi connectivity index (χ1v) is 7.64. The highest BCUT2D eigenvalue weighted by atomic mass is 16.5. The molecule has 2 aromatic rings. The van der Waals surface area contributed by atoms with E-state index in [-0.39, 0.29) is 12.5 Å². The van der Waals surface area contributed by atoms with Crippen molar-refractivity contribution >= 4 is 17.3 Å². The molecule has 0 aromatic heterocycles. The van der Waals surface area contributed by atoms with Crippen molar-refractivity contribution in [2.75, 3.05) is 30.9 Å². The number of benzene rings is 2. The largest absolute Gasteiger partial charge is 0.483 e. The topological polar surface area (TPSA) is 41.6 Å². The Morgan fingerprint density at radius 2 is 1.61 bits per heavy atom. The van der Waals surface area contributed by atoms with Gasteiger partial charge in [-0.25, -0.2) is 0 Å². The Balaban J connectivity index is 1.95. The van der Waals surface area contributed by atoms with Gasteiger partial charge in [0.05, 0.1) is 0 Å². The van der Waals surface area contributed by atoms with Crippen molar-refractivity contribution in [2.24, 2.45) is 0 Å². The van der Waals surface area contributed by atoms with Gasteiger partial charge in [-0.3, -0.25) is 4.79 Å². The molecule has 0 aliphatic heterocycles. The molecule has 1 amide bonds. The van der Waals surface area contributed by atoms with Crippen molar-refractivity contribution in [1.29, 1.82) is 0 Å². The summed E-state index contributed by atoms with van der Waals surface area (Å²) in [6.07, 6.45) is 0. The van der Waals surface area contributed by atoms with Crippen LogP contribution in [-0.4, -0.2) is 26.6 Å². The number of nitrogens with zero attached hydrogens (tertiary/aromatic N) is 1. The molecule has 0 aliphatic carbocycles. The predicted molar refractivity (Wildman–Crippen MR) is 95.5 cm³/mol. The van der Waals surface area contributed by atoms with Crippen LogP contribution in [0.4, 0.5) is 11.4 Å². The van der Waals surface area contributed by atoms with E-state index in [1.54, 1.807) is 0 Å². The van der Waals surface area contributed by atoms with Crippen LogP contribution in [0.5, 0.6) is 5.75 Å². The van der Waals surface area contributed by atoms with Gasteiger partial charge < -0.3 is 15.0 Å². The summed E-state index contributed by atoms with van der Waals surface area (Å²) in [6, 6.07) is 11.8. The van der Waals surface area contributed by atoms with Crippen LogP contribution in [0, 0.1) is 20.8 Å². The second kappa shape index (κ2) is 7.18. The molecule has 0 bridgehead atoms. The smallest absolute Gasteiger partial charge is 0.262 e. The second-order valence-corrected chi connectivity index (χ2v) is 6.01. The Bertz CT molecular complexity index is 668. The van der Waals surface area contributed by atoms with Gasteiger partial charge in [-0.05, 0) is 56.2 Å². The maximum Gasteiger partial charge on any atom is 0.262 e. The summed E-state index contributed by atoms with van der Waals surface area (Å²) < 4.78 is 5.70. The molecule has 0 heterocycles. The van der Waals surface area contributed by atoms with Crippen molar-refractivity contribution < 1.29 is 9.53 Å². The van der Waals surface area contributed by atoms with Gasteiger partial charge in [0.15, 0.2) is 6.61 Å². The van der Waals surface area contributed by atoms with Crippen molar-refractivity contribution in [1.82, 2.24) is 0 Å². The van der Waals surface area contributed by atoms with Gasteiger partial charge >= 0.3 is 0 Å². The van der Waals surface area contributed by atoms with E-state index in [4.69, 9.17) is 4.74 Å². The van der Waals surface area contributed by atoms with Gasteiger partial charge in [0.2, 0.25) is 0 Å². The molecule has 0 spiro atoms. The van der Waals surface area contributed by atoms with Gasteiger partial charge in [-0.2, -0.15) is 0 Å². The van der Waals surface area contributed by atoms with Crippen molar-refractivity contribution in [3.05, 3.63) is 53.1 Å². The zero-order valence-electron chi connectivity index (χ0n) is 14.4. The summed E-state index contributed by atoms with van der Waals surface area (Å²) in [6.45, 7) is 6.04. The predicted octanol–water partition coefficient (Wildman–Crippen LogP) is 3.70. The Hall–Kier alpha value is -2.49. The lowest BCUT2D eigenvalue weighted by atomic mass is 10.1. The molecule has 4 heteroatoms. The Morgan fingerprint density at radius 3 is 2.13 bits per heavy atom. The minimum absolute atomic E-state index is 0.000172. The van der Waals surface area contributed by atoms with Crippen LogP contribution in [-0.2, 0) is 4.79 Å². The van der Waals surface area contributed by atoms with Crippen LogP contribution < -0.4 is 15.0 Å². The highest BCUT2D eigenvalue weighted by Gasteiger charge is 2.09. The molecule has 23 heavy (non-hydrogen) atoms. The molecule has 1 N–H and O–H groups in total. The van der Waals surface area contributed by atoms with Gasteiger partial charge in [-0.15, -0.1) is 0 Å². The van der Waals surface area contributed by atoms with Gasteiger partial charge in [-0.1, -0.05) is 17.7 Å². The summed E-state index contributed by atoms with van der Waals surface area (Å²) in [5.41, 5.74) is 5.14. The van der Waals surface area contributed by atoms with E-state index in [2.05, 4.69) is 17.4 Å². The lowest BCUT2D eigenvalue weighted by Gasteiger charge is -2.14. The SMILES string of the molecule is Cc1cc(C)c(OCC(=O)Nc2ccc(N(C)C)cc2)c(C)c1. The van der Waals surface area contributed by atoms with Gasteiger partial charge in [0.1, 0.15) is 5.75 Å². The number of hydrogen-bond donors (Lipinski definition) is 1. The van der Waals surface area contributed by atoms with Crippen LogP contribution in [0.15, 0.2) is 36.4 Å². The van der Waals surface area contributed by atoms with Gasteiger partial charge in [0, 0.05) is 25.5 Å². The molecular weight excluding hydrogens is 288 g/mol. The summed E-state index contributed by atoms with van der Waals surface area (Å²) >= 11 is 0. The fourth-order valence-electron chi connectivity index (χ4n) is 2.57. The third-order valence-electron chi connectivity index (χ3n) is 3.62. The van der Waals surface area contributed by atoms with Crippen molar-refractivity contribution in [3.8, 4) is 5.75 Å². The summed E-state index contributed by atoms with van der Waals surface area (Å²) in [4.78, 5) is 14.1. The quantitative estimate of drug-likeness (QED) is 0.915. The third kappa shape index (κ3) is 4.49. The molecule has 0 fully saturated rings. The standard InChI is InChI=1S/C19H24N2O2/c1-13-10-14(2)19(15(3)11-13)23-12-18(22)20-16-6-8-17(9-7-16)21(4)5/h6-11H,12H2,1-5H3,(H,20,22). The highest BCUT2D eigenvalue weighted by molar-refractivity contribution is 5.92. The fourth-order valence-corrected chi connectivity index (χ4v) is 2.57. The van der Waals surface area contributed by atoms with Crippen LogP contribution >= 0.6 is 0 Å². The van der Waals surface area contributed by atoms with Crippen LogP contribution in [0.3, 0.4) is 0 Å². The van der Waals surface area contributed by atoms with E-state index in [1.165, 1.54) is 5.56 Å². The van der Waals surface area contributed by atoms with E-state index in [9.17, 15) is 4.79 Å². The second-order valence-electron chi connectivity index (χ2n) is 6.01. The lowest BCUT2D eigenvalue weighted by molar-refractivity contribution is -0.118. The molecule has 0 saturated carbocycles. The summed E-state index contributed by atoms with van der Waals surface area (Å²) in [5.74, 6) is 0.621. The molecule has 2 rings (SSSR count). The van der Waals surface area contributed by atoms with E-state index in [0.29, 0.717) is 0 Å². The maximum atomic E-state index is 12.0. The Morgan fingerprint density at radius 1 is 1.04 bits per heavy atom. The number of carbonyl (C=O) groups excluding carboxylic acids is 1. The summed E-state index contributed by atoms with van der Waals surface area (Å²) in [5, 5.41) is 2.85. The molecule has 0 unspecified atom stereocenters. The number of amides is 1. The fraction of sp³-hybridized carbons (Fsp3) is 0.316. The number of ether oxygens (including phenoxy) is 1. The Labute approximate surface area is 138 Å². The van der Waals surface area contributed by atoms with E-state index >= 15 is 0 Å². The molecule has 0 aliphatic rings. The molecule has 122 valence electrons. The van der Waals surface area contributed by atoms with Crippen LogP contribution in [0.1, 0.15) is 16.7 Å². The summed E-state index contributed by atoms with van der Waals surface area (Å²) in [7, 11) is 3.96. The first-order chi connectivity index (χ1) is 10.9. The molecule has 0 radical (unpaired) electrons. The van der Waals surface area contributed by atoms with Crippen molar-refractivity contribution in [3.63, 3.8) is 0 Å². The lowest BCUT2D eigenvalue weighted by Crippen LogP contribution is -2.20. The average molecular weight is 312 g/mol. The average Bonchev–Trinajstić information content (AvgIpc) is 2.46. The third-order valence-corrected chi connectivity index (χ3v) is 3.62. The van der Waals surface area contributed by atoms with Crippen molar-refractivity contribution in [2.45, 2.75) is 20.8 Å². The van der Waals surface area contributed by atoms with E-state index < -0.39 is 0 Å². The number of hydrogen-bond acceptors (Lipinski definition) is 3. The first kappa shape index (κ1) is 16.9. The normalized spacial score (nSPS) is 10.3. The highest BCUT2D eigenvalue weighted by Crippen LogP contribution is 2.24. The molecular formula is C19H24N2O2. The monoisotopic (exact) mass is 312 g/mol. The number of anilines is 2. The maximum absolute atomic E-state index is 12.0. The van der Waals surface area contributed by atoms with Gasteiger partial charge in [0.25, 0.3) is 5.91 Å². The first-order valence-electron chi connectivity index (χ1n) is 7.64. The number of nitrogens with one attached hydrogen (secondary N) is 1. The minimum Gasteiger partial charge on any atom is -0.483 e. The number of carbonyl (C=O) groups is 1. The van der Waals surface area contributed by atoms with E-state index in [1.807, 2.05) is 64.0 Å². The number of aryl methyl sites for hydroxylation is 3. The number of rotatable bonds is 5.